The van der Waals surface area contributed by atoms with Gasteiger partial charge in [-0.2, -0.15) is 0 Å². The second kappa shape index (κ2) is 2.76. The zero-order valence-corrected chi connectivity index (χ0v) is 7.68. The molecule has 2 heteroatoms. The van der Waals surface area contributed by atoms with Crippen LogP contribution in [0.25, 0.3) is 0 Å². The van der Waals surface area contributed by atoms with Gasteiger partial charge in [0.1, 0.15) is 0 Å². The maximum atomic E-state index is 9.16. The molecular weight excluding hydrogens is 140 g/mol. The molecular formula is C9H18O2. The van der Waals surface area contributed by atoms with Crippen LogP contribution in [0.3, 0.4) is 0 Å². The van der Waals surface area contributed by atoms with Crippen LogP contribution in [0.1, 0.15) is 26.7 Å². The summed E-state index contributed by atoms with van der Waals surface area (Å²) >= 11 is 0. The van der Waals surface area contributed by atoms with Crippen molar-refractivity contribution in [2.24, 2.45) is 10.8 Å². The van der Waals surface area contributed by atoms with Gasteiger partial charge in [-0.15, -0.1) is 0 Å². The summed E-state index contributed by atoms with van der Waals surface area (Å²) in [6, 6.07) is 0. The molecule has 0 aliphatic heterocycles. The number of rotatable bonds is 4. The summed E-state index contributed by atoms with van der Waals surface area (Å²) in [6.07, 6.45) is 2.13. The lowest BCUT2D eigenvalue weighted by atomic mass is 9.94. The average Bonchev–Trinajstić information content (AvgIpc) is 2.50. The SMILES string of the molecule is COCCC1(CO)CC1(C)C. The molecule has 0 amide bonds. The lowest BCUT2D eigenvalue weighted by Crippen LogP contribution is -2.16. The van der Waals surface area contributed by atoms with E-state index >= 15 is 0 Å². The topological polar surface area (TPSA) is 29.5 Å². The first-order valence-electron chi connectivity index (χ1n) is 4.18. The molecule has 1 unspecified atom stereocenters. The van der Waals surface area contributed by atoms with E-state index in [1.165, 1.54) is 0 Å². The molecule has 1 saturated carbocycles. The summed E-state index contributed by atoms with van der Waals surface area (Å²) in [6.45, 7) is 5.49. The third-order valence-corrected chi connectivity index (χ3v) is 3.18. The molecule has 1 aliphatic rings. The summed E-state index contributed by atoms with van der Waals surface area (Å²) in [5.74, 6) is 0. The number of ether oxygens (including phenoxy) is 1. The van der Waals surface area contributed by atoms with Gasteiger partial charge in [0.25, 0.3) is 0 Å². The van der Waals surface area contributed by atoms with Gasteiger partial charge < -0.3 is 9.84 Å². The molecule has 1 fully saturated rings. The van der Waals surface area contributed by atoms with Crippen molar-refractivity contribution in [2.45, 2.75) is 26.7 Å². The summed E-state index contributed by atoms with van der Waals surface area (Å²) < 4.78 is 5.00. The Balaban J connectivity index is 2.40. The lowest BCUT2D eigenvalue weighted by Gasteiger charge is -2.16. The van der Waals surface area contributed by atoms with E-state index in [4.69, 9.17) is 9.84 Å². The maximum absolute atomic E-state index is 9.16. The highest BCUT2D eigenvalue weighted by Gasteiger charge is 2.59. The van der Waals surface area contributed by atoms with E-state index in [-0.39, 0.29) is 5.41 Å². The van der Waals surface area contributed by atoms with E-state index in [9.17, 15) is 0 Å². The van der Waals surface area contributed by atoms with E-state index in [0.29, 0.717) is 12.0 Å². The van der Waals surface area contributed by atoms with Gasteiger partial charge in [0.2, 0.25) is 0 Å². The Hall–Kier alpha value is -0.0800. The highest BCUT2D eigenvalue weighted by Crippen LogP contribution is 2.64. The highest BCUT2D eigenvalue weighted by atomic mass is 16.5. The third-order valence-electron chi connectivity index (χ3n) is 3.18. The minimum atomic E-state index is 0.170. The van der Waals surface area contributed by atoms with Crippen LogP contribution in [0, 0.1) is 10.8 Å². The first-order valence-corrected chi connectivity index (χ1v) is 4.18. The second-order valence-electron chi connectivity index (χ2n) is 4.24. The summed E-state index contributed by atoms with van der Waals surface area (Å²) in [7, 11) is 1.71. The van der Waals surface area contributed by atoms with E-state index < -0.39 is 0 Å². The first kappa shape index (κ1) is 9.01. The molecule has 0 heterocycles. The maximum Gasteiger partial charge on any atom is 0.0493 e. The third kappa shape index (κ3) is 1.42. The molecule has 0 saturated heterocycles. The van der Waals surface area contributed by atoms with Crippen molar-refractivity contribution in [3.63, 3.8) is 0 Å². The van der Waals surface area contributed by atoms with Gasteiger partial charge in [-0.05, 0) is 18.3 Å². The predicted molar refractivity (Wildman–Crippen MR) is 44.4 cm³/mol. The Morgan fingerprint density at radius 3 is 2.27 bits per heavy atom. The predicted octanol–water partition coefficient (Wildman–Crippen LogP) is 1.43. The lowest BCUT2D eigenvalue weighted by molar-refractivity contribution is 0.118. The molecule has 2 nitrogen and oxygen atoms in total. The van der Waals surface area contributed by atoms with Crippen molar-refractivity contribution in [3.8, 4) is 0 Å². The molecule has 1 N–H and O–H groups in total. The number of aliphatic hydroxyl groups excluding tert-OH is 1. The fourth-order valence-corrected chi connectivity index (χ4v) is 1.87. The minimum Gasteiger partial charge on any atom is -0.396 e. The van der Waals surface area contributed by atoms with E-state index in [2.05, 4.69) is 13.8 Å². The molecule has 1 aliphatic carbocycles. The van der Waals surface area contributed by atoms with Crippen LogP contribution in [0.4, 0.5) is 0 Å². The van der Waals surface area contributed by atoms with Gasteiger partial charge in [-0.1, -0.05) is 13.8 Å². The van der Waals surface area contributed by atoms with Crippen molar-refractivity contribution >= 4 is 0 Å². The van der Waals surface area contributed by atoms with Gasteiger partial charge in [-0.25, -0.2) is 0 Å². The Morgan fingerprint density at radius 2 is 2.00 bits per heavy atom. The summed E-state index contributed by atoms with van der Waals surface area (Å²) in [5, 5.41) is 9.16. The molecule has 0 spiro atoms. The number of aliphatic hydroxyl groups is 1. The number of hydrogen-bond acceptors (Lipinski definition) is 2. The van der Waals surface area contributed by atoms with Gasteiger partial charge in [0.15, 0.2) is 0 Å². The molecule has 0 radical (unpaired) electrons. The molecule has 0 bridgehead atoms. The first-order chi connectivity index (χ1) is 5.08. The average molecular weight is 158 g/mol. The van der Waals surface area contributed by atoms with Crippen LogP contribution in [0.15, 0.2) is 0 Å². The van der Waals surface area contributed by atoms with Crippen LogP contribution in [-0.4, -0.2) is 25.4 Å². The van der Waals surface area contributed by atoms with Crippen molar-refractivity contribution in [2.75, 3.05) is 20.3 Å². The van der Waals surface area contributed by atoms with Crippen LogP contribution < -0.4 is 0 Å². The molecule has 66 valence electrons. The molecule has 0 aromatic heterocycles. The largest absolute Gasteiger partial charge is 0.396 e. The Labute approximate surface area is 68.6 Å². The summed E-state index contributed by atoms with van der Waals surface area (Å²) in [5.41, 5.74) is 0.503. The van der Waals surface area contributed by atoms with Crippen LogP contribution in [-0.2, 0) is 4.74 Å². The zero-order valence-electron chi connectivity index (χ0n) is 7.68. The highest BCUT2D eigenvalue weighted by molar-refractivity contribution is 5.08. The van der Waals surface area contributed by atoms with Gasteiger partial charge in [0, 0.05) is 25.7 Å². The van der Waals surface area contributed by atoms with Crippen LogP contribution in [0.5, 0.6) is 0 Å². The quantitative estimate of drug-likeness (QED) is 0.670. The summed E-state index contributed by atoms with van der Waals surface area (Å²) in [4.78, 5) is 0. The molecule has 0 aromatic carbocycles. The van der Waals surface area contributed by atoms with Crippen molar-refractivity contribution in [1.82, 2.24) is 0 Å². The Bertz CT molecular complexity index is 142. The van der Waals surface area contributed by atoms with Crippen molar-refractivity contribution in [3.05, 3.63) is 0 Å². The van der Waals surface area contributed by atoms with E-state index in [0.717, 1.165) is 19.4 Å². The van der Waals surface area contributed by atoms with Gasteiger partial charge in [-0.3, -0.25) is 0 Å². The Kier molecular flexibility index (Phi) is 2.26. The monoisotopic (exact) mass is 158 g/mol. The standard InChI is InChI=1S/C9H18O2/c1-8(2)6-9(8,7-10)4-5-11-3/h10H,4-7H2,1-3H3. The number of methoxy groups -OCH3 is 1. The van der Waals surface area contributed by atoms with Crippen LogP contribution >= 0.6 is 0 Å². The van der Waals surface area contributed by atoms with E-state index in [1.807, 2.05) is 0 Å². The number of hydrogen-bond donors (Lipinski definition) is 1. The minimum absolute atomic E-state index is 0.170. The fourth-order valence-electron chi connectivity index (χ4n) is 1.87. The molecule has 11 heavy (non-hydrogen) atoms. The molecule has 1 rings (SSSR count). The normalized spacial score (nSPS) is 33.8. The van der Waals surface area contributed by atoms with Crippen LogP contribution in [0.2, 0.25) is 0 Å². The van der Waals surface area contributed by atoms with Gasteiger partial charge in [0.05, 0.1) is 0 Å². The van der Waals surface area contributed by atoms with Crippen molar-refractivity contribution < 1.29 is 9.84 Å². The van der Waals surface area contributed by atoms with Crippen molar-refractivity contribution in [1.29, 1.82) is 0 Å². The van der Waals surface area contributed by atoms with E-state index in [1.54, 1.807) is 7.11 Å². The smallest absolute Gasteiger partial charge is 0.0493 e. The van der Waals surface area contributed by atoms with Gasteiger partial charge >= 0.3 is 0 Å². The Morgan fingerprint density at radius 1 is 1.45 bits per heavy atom. The fraction of sp³-hybridized carbons (Fsp3) is 1.00. The zero-order chi connectivity index (χ0) is 8.54. The molecule has 1 atom stereocenters. The molecule has 0 aromatic rings. The second-order valence-corrected chi connectivity index (χ2v) is 4.24.